The minimum absolute atomic E-state index is 0.0774. The van der Waals surface area contributed by atoms with E-state index in [4.69, 9.17) is 0 Å². The Labute approximate surface area is 153 Å². The van der Waals surface area contributed by atoms with Crippen molar-refractivity contribution in [1.29, 1.82) is 0 Å². The maximum Gasteiger partial charge on any atom is 0.293 e. The lowest BCUT2D eigenvalue weighted by Gasteiger charge is -2.21. The highest BCUT2D eigenvalue weighted by atomic mass is 32.2. The molecular formula is C16H23N5O4S. The SMILES string of the molecule is CCN(CC)S(=O)(=O)c1ccc(N(C)Cc2cnn(C)c2)c([N+](=O)[O-])c1. The Morgan fingerprint density at radius 3 is 2.42 bits per heavy atom. The molecule has 10 heteroatoms. The van der Waals surface area contributed by atoms with Crippen molar-refractivity contribution in [2.24, 2.45) is 7.05 Å². The summed E-state index contributed by atoms with van der Waals surface area (Å²) in [6.07, 6.45) is 3.50. The van der Waals surface area contributed by atoms with Crippen LogP contribution in [0, 0.1) is 10.1 Å². The van der Waals surface area contributed by atoms with E-state index in [1.165, 1.54) is 16.4 Å². The Morgan fingerprint density at radius 1 is 1.27 bits per heavy atom. The van der Waals surface area contributed by atoms with Gasteiger partial charge in [0.2, 0.25) is 10.0 Å². The maximum absolute atomic E-state index is 12.6. The van der Waals surface area contributed by atoms with Crippen LogP contribution in [0.15, 0.2) is 35.5 Å². The Morgan fingerprint density at radius 2 is 1.92 bits per heavy atom. The van der Waals surface area contributed by atoms with Gasteiger partial charge >= 0.3 is 0 Å². The summed E-state index contributed by atoms with van der Waals surface area (Å²) in [6.45, 7) is 4.47. The molecule has 0 fully saturated rings. The molecule has 26 heavy (non-hydrogen) atoms. The molecule has 0 aliphatic rings. The van der Waals surface area contributed by atoms with E-state index in [-0.39, 0.29) is 10.6 Å². The van der Waals surface area contributed by atoms with Gasteiger partial charge in [0.1, 0.15) is 5.69 Å². The normalized spacial score (nSPS) is 11.7. The number of benzene rings is 1. The van der Waals surface area contributed by atoms with Crippen LogP contribution in [0.4, 0.5) is 11.4 Å². The Hall–Kier alpha value is -2.46. The highest BCUT2D eigenvalue weighted by Crippen LogP contribution is 2.32. The van der Waals surface area contributed by atoms with E-state index in [2.05, 4.69) is 5.10 Å². The third-order valence-corrected chi connectivity index (χ3v) is 6.12. The van der Waals surface area contributed by atoms with Crippen molar-refractivity contribution >= 4 is 21.4 Å². The number of aromatic nitrogens is 2. The lowest BCUT2D eigenvalue weighted by atomic mass is 10.2. The van der Waals surface area contributed by atoms with Crippen LogP contribution in [0.25, 0.3) is 0 Å². The summed E-state index contributed by atoms with van der Waals surface area (Å²) >= 11 is 0. The Balaban J connectivity index is 2.41. The van der Waals surface area contributed by atoms with Crippen LogP contribution in [-0.2, 0) is 23.6 Å². The largest absolute Gasteiger partial charge is 0.365 e. The first-order chi connectivity index (χ1) is 12.2. The molecule has 0 saturated carbocycles. The van der Waals surface area contributed by atoms with Gasteiger partial charge in [-0.15, -0.1) is 0 Å². The molecule has 0 saturated heterocycles. The predicted molar refractivity (Wildman–Crippen MR) is 98.5 cm³/mol. The van der Waals surface area contributed by atoms with Crippen LogP contribution >= 0.6 is 0 Å². The molecule has 0 aliphatic heterocycles. The summed E-state index contributed by atoms with van der Waals surface area (Å²) in [4.78, 5) is 12.6. The van der Waals surface area contributed by atoms with E-state index in [0.717, 1.165) is 11.6 Å². The first-order valence-corrected chi connectivity index (χ1v) is 9.62. The van der Waals surface area contributed by atoms with Gasteiger partial charge in [0.25, 0.3) is 5.69 Å². The molecule has 0 radical (unpaired) electrons. The molecular weight excluding hydrogens is 358 g/mol. The highest BCUT2D eigenvalue weighted by Gasteiger charge is 2.26. The summed E-state index contributed by atoms with van der Waals surface area (Å²) in [5, 5.41) is 15.6. The van der Waals surface area contributed by atoms with Crippen molar-refractivity contribution in [3.63, 3.8) is 0 Å². The zero-order valence-corrected chi connectivity index (χ0v) is 16.1. The summed E-state index contributed by atoms with van der Waals surface area (Å²) in [6, 6.07) is 4.02. The van der Waals surface area contributed by atoms with E-state index < -0.39 is 14.9 Å². The fourth-order valence-corrected chi connectivity index (χ4v) is 4.24. The third kappa shape index (κ3) is 4.02. The monoisotopic (exact) mass is 381 g/mol. The zero-order valence-electron chi connectivity index (χ0n) is 15.3. The molecule has 9 nitrogen and oxygen atoms in total. The Bertz CT molecular complexity index is 890. The van der Waals surface area contributed by atoms with Crippen molar-refractivity contribution < 1.29 is 13.3 Å². The maximum atomic E-state index is 12.6. The van der Waals surface area contributed by atoms with Crippen molar-refractivity contribution in [2.75, 3.05) is 25.0 Å². The molecule has 1 heterocycles. The van der Waals surface area contributed by atoms with E-state index in [1.807, 2.05) is 6.20 Å². The van der Waals surface area contributed by atoms with E-state index in [9.17, 15) is 18.5 Å². The van der Waals surface area contributed by atoms with Gasteiger partial charge < -0.3 is 4.90 Å². The average Bonchev–Trinajstić information content (AvgIpc) is 2.99. The molecule has 0 amide bonds. The second kappa shape index (κ2) is 7.83. The minimum atomic E-state index is -3.76. The second-order valence-electron chi connectivity index (χ2n) is 5.88. The van der Waals surface area contributed by atoms with E-state index in [1.54, 1.807) is 43.7 Å². The number of anilines is 1. The van der Waals surface area contributed by atoms with E-state index in [0.29, 0.717) is 25.3 Å². The molecule has 0 N–H and O–H groups in total. The number of nitrogens with zero attached hydrogens (tertiary/aromatic N) is 5. The number of aryl methyl sites for hydroxylation is 1. The van der Waals surface area contributed by atoms with Crippen LogP contribution in [0.2, 0.25) is 0 Å². The van der Waals surface area contributed by atoms with Gasteiger partial charge in [-0.05, 0) is 12.1 Å². The van der Waals surface area contributed by atoms with Crippen LogP contribution in [-0.4, -0.2) is 47.6 Å². The van der Waals surface area contributed by atoms with Crippen molar-refractivity contribution in [3.8, 4) is 0 Å². The molecule has 2 rings (SSSR count). The standard InChI is InChI=1S/C16H23N5O4S/c1-5-20(6-2)26(24,25)14-7-8-15(16(9-14)21(22)23)18(3)11-13-10-17-19(4)12-13/h7-10,12H,5-6,11H2,1-4H3. The van der Waals surface area contributed by atoms with Gasteiger partial charge in [-0.2, -0.15) is 9.40 Å². The zero-order chi connectivity index (χ0) is 19.5. The van der Waals surface area contributed by atoms with Gasteiger partial charge in [-0.25, -0.2) is 8.42 Å². The number of hydrogen-bond donors (Lipinski definition) is 0. The summed E-state index contributed by atoms with van der Waals surface area (Å²) in [5.74, 6) is 0. The smallest absolute Gasteiger partial charge is 0.293 e. The summed E-state index contributed by atoms with van der Waals surface area (Å²) in [5.41, 5.74) is 0.992. The van der Waals surface area contributed by atoms with Crippen LogP contribution in [0.5, 0.6) is 0 Å². The number of rotatable bonds is 8. The first-order valence-electron chi connectivity index (χ1n) is 8.18. The summed E-state index contributed by atoms with van der Waals surface area (Å²) in [7, 11) is -0.252. The number of hydrogen-bond acceptors (Lipinski definition) is 6. The molecule has 1 aromatic carbocycles. The first kappa shape index (κ1) is 19.9. The van der Waals surface area contributed by atoms with Crippen molar-refractivity contribution in [1.82, 2.24) is 14.1 Å². The minimum Gasteiger partial charge on any atom is -0.365 e. The third-order valence-electron chi connectivity index (χ3n) is 4.08. The van der Waals surface area contributed by atoms with Gasteiger partial charge in [-0.3, -0.25) is 14.8 Å². The number of nitro groups is 1. The number of sulfonamides is 1. The topological polar surface area (TPSA) is 102 Å². The molecule has 2 aromatic rings. The molecule has 0 spiro atoms. The number of nitro benzene ring substituents is 1. The predicted octanol–water partition coefficient (Wildman–Crippen LogP) is 2.00. The van der Waals surface area contributed by atoms with E-state index >= 15 is 0 Å². The fourth-order valence-electron chi connectivity index (χ4n) is 2.76. The quantitative estimate of drug-likeness (QED) is 0.512. The van der Waals surface area contributed by atoms with Gasteiger partial charge in [0, 0.05) is 51.6 Å². The summed E-state index contributed by atoms with van der Waals surface area (Å²) < 4.78 is 28.2. The van der Waals surface area contributed by atoms with Crippen LogP contribution in [0.3, 0.4) is 0 Å². The molecule has 0 unspecified atom stereocenters. The lowest BCUT2D eigenvalue weighted by molar-refractivity contribution is -0.384. The fraction of sp³-hybridized carbons (Fsp3) is 0.438. The lowest BCUT2D eigenvalue weighted by Crippen LogP contribution is -2.30. The van der Waals surface area contributed by atoms with Gasteiger partial charge in [0.15, 0.2) is 0 Å². The van der Waals surface area contributed by atoms with Gasteiger partial charge in [0.05, 0.1) is 16.0 Å². The Kier molecular flexibility index (Phi) is 5.98. The van der Waals surface area contributed by atoms with Crippen molar-refractivity contribution in [2.45, 2.75) is 25.3 Å². The second-order valence-corrected chi connectivity index (χ2v) is 7.81. The molecule has 0 bridgehead atoms. The van der Waals surface area contributed by atoms with Crippen LogP contribution in [0.1, 0.15) is 19.4 Å². The van der Waals surface area contributed by atoms with Crippen molar-refractivity contribution in [3.05, 3.63) is 46.3 Å². The molecule has 1 aromatic heterocycles. The molecule has 0 atom stereocenters. The average molecular weight is 381 g/mol. The van der Waals surface area contributed by atoms with Crippen LogP contribution < -0.4 is 4.90 Å². The van der Waals surface area contributed by atoms with Gasteiger partial charge in [-0.1, -0.05) is 13.8 Å². The molecule has 0 aliphatic carbocycles. The molecule has 142 valence electrons. The highest BCUT2D eigenvalue weighted by molar-refractivity contribution is 7.89.